The minimum Gasteiger partial charge on any atom is -0.381 e. The number of piperidine rings is 1. The molecule has 2 aromatic heterocycles. The number of hydrogen-bond acceptors (Lipinski definition) is 4. The van der Waals surface area contributed by atoms with Gasteiger partial charge in [-0.1, -0.05) is 0 Å². The molecule has 4 heterocycles. The van der Waals surface area contributed by atoms with Crippen molar-refractivity contribution >= 4 is 11.2 Å². The normalized spacial score (nSPS) is 24.3. The van der Waals surface area contributed by atoms with Gasteiger partial charge in [-0.25, -0.2) is 9.97 Å². The Hall–Kier alpha value is -1.46. The van der Waals surface area contributed by atoms with E-state index in [9.17, 15) is 0 Å². The molecule has 2 aliphatic rings. The molecule has 5 nitrogen and oxygen atoms in total. The average Bonchev–Trinajstić information content (AvgIpc) is 2.95. The molecule has 1 unspecified atom stereocenters. The zero-order valence-electron chi connectivity index (χ0n) is 13.9. The fourth-order valence-electron chi connectivity index (χ4n) is 3.94. The average molecular weight is 314 g/mol. The molecule has 2 aromatic rings. The second-order valence-corrected chi connectivity index (χ2v) is 7.09. The van der Waals surface area contributed by atoms with E-state index >= 15 is 0 Å². The summed E-state index contributed by atoms with van der Waals surface area (Å²) < 4.78 is 8.08. The molecule has 0 aromatic carbocycles. The molecule has 23 heavy (non-hydrogen) atoms. The maximum atomic E-state index is 5.68. The van der Waals surface area contributed by atoms with E-state index < -0.39 is 0 Å². The van der Waals surface area contributed by atoms with Crippen LogP contribution < -0.4 is 0 Å². The molecule has 2 aliphatic heterocycles. The lowest BCUT2D eigenvalue weighted by molar-refractivity contribution is 0.0482. The SMILES string of the molecule is CN1CCC(c2nc3cccnc3n2CC2CCCOC2)CC1. The molecule has 0 amide bonds. The van der Waals surface area contributed by atoms with Gasteiger partial charge in [0.15, 0.2) is 5.65 Å². The van der Waals surface area contributed by atoms with Crippen LogP contribution in [-0.4, -0.2) is 52.8 Å². The second kappa shape index (κ2) is 6.57. The highest BCUT2D eigenvalue weighted by atomic mass is 16.5. The van der Waals surface area contributed by atoms with Gasteiger partial charge in [-0.3, -0.25) is 0 Å². The van der Waals surface area contributed by atoms with Crippen molar-refractivity contribution < 1.29 is 4.74 Å². The minimum absolute atomic E-state index is 0.560. The van der Waals surface area contributed by atoms with E-state index in [4.69, 9.17) is 9.72 Å². The first kappa shape index (κ1) is 15.1. The number of hydrogen-bond donors (Lipinski definition) is 0. The number of aromatic nitrogens is 3. The predicted octanol–water partition coefficient (Wildman–Crippen LogP) is 2.67. The number of ether oxygens (including phenoxy) is 1. The van der Waals surface area contributed by atoms with Crippen LogP contribution in [0.3, 0.4) is 0 Å². The number of nitrogens with zero attached hydrogens (tertiary/aromatic N) is 4. The smallest absolute Gasteiger partial charge is 0.160 e. The van der Waals surface area contributed by atoms with Crippen molar-refractivity contribution in [3.8, 4) is 0 Å². The number of fused-ring (bicyclic) bond motifs is 1. The maximum Gasteiger partial charge on any atom is 0.160 e. The fourth-order valence-corrected chi connectivity index (χ4v) is 3.94. The van der Waals surface area contributed by atoms with Gasteiger partial charge in [-0.15, -0.1) is 0 Å². The summed E-state index contributed by atoms with van der Waals surface area (Å²) in [5.41, 5.74) is 2.09. The molecule has 2 fully saturated rings. The third kappa shape index (κ3) is 3.12. The summed E-state index contributed by atoms with van der Waals surface area (Å²) in [5, 5.41) is 0. The molecule has 1 atom stereocenters. The number of pyridine rings is 1. The Morgan fingerprint density at radius 1 is 1.26 bits per heavy atom. The molecule has 0 spiro atoms. The van der Waals surface area contributed by atoms with Crippen LogP contribution in [0.25, 0.3) is 11.2 Å². The van der Waals surface area contributed by atoms with Crippen molar-refractivity contribution in [1.29, 1.82) is 0 Å². The van der Waals surface area contributed by atoms with Crippen molar-refractivity contribution in [3.63, 3.8) is 0 Å². The highest BCUT2D eigenvalue weighted by molar-refractivity contribution is 5.71. The molecule has 0 radical (unpaired) electrons. The van der Waals surface area contributed by atoms with Crippen molar-refractivity contribution in [2.45, 2.75) is 38.1 Å². The van der Waals surface area contributed by atoms with Crippen molar-refractivity contribution in [3.05, 3.63) is 24.2 Å². The molecule has 0 N–H and O–H groups in total. The fraction of sp³-hybridized carbons (Fsp3) is 0.667. The van der Waals surface area contributed by atoms with E-state index in [1.807, 2.05) is 12.3 Å². The van der Waals surface area contributed by atoms with Gasteiger partial charge in [-0.2, -0.15) is 0 Å². The first-order valence-corrected chi connectivity index (χ1v) is 8.88. The van der Waals surface area contributed by atoms with Crippen LogP contribution in [0.5, 0.6) is 0 Å². The van der Waals surface area contributed by atoms with Crippen molar-refractivity contribution in [2.24, 2.45) is 5.92 Å². The van der Waals surface area contributed by atoms with E-state index in [0.717, 1.165) is 44.0 Å². The summed E-state index contributed by atoms with van der Waals surface area (Å²) in [6.07, 6.45) is 6.70. The van der Waals surface area contributed by atoms with E-state index in [1.165, 1.54) is 31.5 Å². The summed E-state index contributed by atoms with van der Waals surface area (Å²) in [7, 11) is 2.21. The summed E-state index contributed by atoms with van der Waals surface area (Å²) >= 11 is 0. The van der Waals surface area contributed by atoms with E-state index in [0.29, 0.717) is 11.8 Å². The molecule has 124 valence electrons. The highest BCUT2D eigenvalue weighted by Crippen LogP contribution is 2.30. The van der Waals surface area contributed by atoms with Gasteiger partial charge in [0.1, 0.15) is 11.3 Å². The molecular formula is C18H26N4O. The van der Waals surface area contributed by atoms with Gasteiger partial charge in [0.05, 0.1) is 6.61 Å². The summed E-state index contributed by atoms with van der Waals surface area (Å²) in [4.78, 5) is 12.0. The van der Waals surface area contributed by atoms with Crippen LogP contribution in [0.4, 0.5) is 0 Å². The Balaban J connectivity index is 1.66. The zero-order valence-corrected chi connectivity index (χ0v) is 13.9. The lowest BCUT2D eigenvalue weighted by Gasteiger charge is -2.30. The van der Waals surface area contributed by atoms with Gasteiger partial charge in [0.25, 0.3) is 0 Å². The summed E-state index contributed by atoms with van der Waals surface area (Å²) in [6.45, 7) is 5.11. The monoisotopic (exact) mass is 314 g/mol. The quantitative estimate of drug-likeness (QED) is 0.873. The molecule has 4 rings (SSSR count). The Morgan fingerprint density at radius 2 is 2.13 bits per heavy atom. The van der Waals surface area contributed by atoms with Gasteiger partial charge in [0.2, 0.25) is 0 Å². The zero-order chi connectivity index (χ0) is 15.6. The second-order valence-electron chi connectivity index (χ2n) is 7.09. The van der Waals surface area contributed by atoms with Crippen molar-refractivity contribution in [2.75, 3.05) is 33.4 Å². The Kier molecular flexibility index (Phi) is 4.31. The Morgan fingerprint density at radius 3 is 2.91 bits per heavy atom. The maximum absolute atomic E-state index is 5.68. The van der Waals surface area contributed by atoms with Crippen LogP contribution in [0.1, 0.15) is 37.4 Å². The molecule has 0 aliphatic carbocycles. The number of imidazole rings is 1. The third-order valence-corrected chi connectivity index (χ3v) is 5.31. The molecule has 0 bridgehead atoms. The first-order chi connectivity index (χ1) is 11.3. The standard InChI is InChI=1S/C18H26N4O/c1-21-9-6-15(7-10-21)17-20-16-5-2-8-19-18(16)22(17)12-14-4-3-11-23-13-14/h2,5,8,14-15H,3-4,6-7,9-13H2,1H3. The largest absolute Gasteiger partial charge is 0.381 e. The van der Waals surface area contributed by atoms with E-state index in [2.05, 4.69) is 27.6 Å². The lowest BCUT2D eigenvalue weighted by atomic mass is 9.95. The Bertz CT molecular complexity index is 654. The van der Waals surface area contributed by atoms with Crippen LogP contribution in [0.15, 0.2) is 18.3 Å². The van der Waals surface area contributed by atoms with Crippen LogP contribution in [0.2, 0.25) is 0 Å². The van der Waals surface area contributed by atoms with Gasteiger partial charge in [0, 0.05) is 31.2 Å². The molecule has 5 heteroatoms. The molecule has 2 saturated heterocycles. The summed E-state index contributed by atoms with van der Waals surface area (Å²) in [5.74, 6) is 2.40. The van der Waals surface area contributed by atoms with Crippen LogP contribution >= 0.6 is 0 Å². The molecule has 0 saturated carbocycles. The Labute approximate surface area is 137 Å². The van der Waals surface area contributed by atoms with Gasteiger partial charge in [-0.05, 0) is 58.0 Å². The number of rotatable bonds is 3. The molecular weight excluding hydrogens is 288 g/mol. The third-order valence-electron chi connectivity index (χ3n) is 5.31. The van der Waals surface area contributed by atoms with Crippen LogP contribution in [-0.2, 0) is 11.3 Å². The number of likely N-dealkylation sites (tertiary alicyclic amines) is 1. The predicted molar refractivity (Wildman–Crippen MR) is 90.5 cm³/mol. The highest BCUT2D eigenvalue weighted by Gasteiger charge is 2.26. The minimum atomic E-state index is 0.560. The summed E-state index contributed by atoms with van der Waals surface area (Å²) in [6, 6.07) is 4.08. The first-order valence-electron chi connectivity index (χ1n) is 8.88. The topological polar surface area (TPSA) is 43.2 Å². The lowest BCUT2D eigenvalue weighted by Crippen LogP contribution is -2.31. The van der Waals surface area contributed by atoms with Gasteiger partial charge >= 0.3 is 0 Å². The van der Waals surface area contributed by atoms with Crippen LogP contribution in [0, 0.1) is 5.92 Å². The van der Waals surface area contributed by atoms with Crippen molar-refractivity contribution in [1.82, 2.24) is 19.4 Å². The van der Waals surface area contributed by atoms with E-state index in [1.54, 1.807) is 0 Å². The van der Waals surface area contributed by atoms with Gasteiger partial charge < -0.3 is 14.2 Å². The van der Waals surface area contributed by atoms with E-state index in [-0.39, 0.29) is 0 Å².